The smallest absolute Gasteiger partial charge is 0.141 e. The van der Waals surface area contributed by atoms with Crippen LogP contribution in [0.4, 0.5) is 4.39 Å². The third-order valence-corrected chi connectivity index (χ3v) is 3.46. The van der Waals surface area contributed by atoms with Crippen molar-refractivity contribution in [1.29, 1.82) is 0 Å². The van der Waals surface area contributed by atoms with Crippen LogP contribution < -0.4 is 0 Å². The zero-order valence-corrected chi connectivity index (χ0v) is 10.3. The largest absolute Gasteiger partial charge is 0.384 e. The predicted molar refractivity (Wildman–Crippen MR) is 66.6 cm³/mol. The minimum Gasteiger partial charge on any atom is -0.384 e. The van der Waals surface area contributed by atoms with Gasteiger partial charge in [-0.15, -0.1) is 6.58 Å². The van der Waals surface area contributed by atoms with Gasteiger partial charge >= 0.3 is 0 Å². The summed E-state index contributed by atoms with van der Waals surface area (Å²) in [6.45, 7) is 5.76. The van der Waals surface area contributed by atoms with Gasteiger partial charge in [-0.25, -0.2) is 4.39 Å². The molecule has 1 aromatic carbocycles. The number of hydrogen-bond donors (Lipinski definition) is 1. The Labute approximate surface area is 105 Å². The highest BCUT2D eigenvalue weighted by molar-refractivity contribution is 6.30. The molecule has 1 atom stereocenters. The average molecular weight is 256 g/mol. The van der Waals surface area contributed by atoms with Gasteiger partial charge in [-0.3, -0.25) is 4.90 Å². The third kappa shape index (κ3) is 2.51. The molecule has 92 valence electrons. The molecule has 0 radical (unpaired) electrons. The molecular formula is C13H15ClFNO. The van der Waals surface area contributed by atoms with Crippen LogP contribution in [0.1, 0.15) is 12.0 Å². The molecule has 0 aromatic heterocycles. The fraction of sp³-hybridized carbons (Fsp3) is 0.385. The summed E-state index contributed by atoms with van der Waals surface area (Å²) in [6.07, 6.45) is 2.44. The molecule has 0 saturated carbocycles. The number of likely N-dealkylation sites (tertiary alicyclic amines) is 1. The molecule has 17 heavy (non-hydrogen) atoms. The molecule has 4 heteroatoms. The SMILES string of the molecule is C=CCN1CCC(O)(c2ccc(F)c(Cl)c2)C1. The van der Waals surface area contributed by atoms with E-state index in [0.29, 0.717) is 18.5 Å². The molecular weight excluding hydrogens is 241 g/mol. The van der Waals surface area contributed by atoms with Gasteiger partial charge in [0.15, 0.2) is 0 Å². The first-order valence-electron chi connectivity index (χ1n) is 5.56. The number of rotatable bonds is 3. The van der Waals surface area contributed by atoms with Crippen molar-refractivity contribution >= 4 is 11.6 Å². The number of hydrogen-bond acceptors (Lipinski definition) is 2. The highest BCUT2D eigenvalue weighted by Gasteiger charge is 2.37. The number of aliphatic hydroxyl groups is 1. The lowest BCUT2D eigenvalue weighted by molar-refractivity contribution is 0.0474. The molecule has 0 bridgehead atoms. The Bertz CT molecular complexity index is 437. The molecule has 0 aliphatic carbocycles. The maximum Gasteiger partial charge on any atom is 0.141 e. The van der Waals surface area contributed by atoms with Crippen LogP contribution in [-0.2, 0) is 5.60 Å². The van der Waals surface area contributed by atoms with E-state index >= 15 is 0 Å². The number of benzene rings is 1. The Kier molecular flexibility index (Phi) is 3.52. The van der Waals surface area contributed by atoms with E-state index in [4.69, 9.17) is 11.6 Å². The monoisotopic (exact) mass is 255 g/mol. The molecule has 1 heterocycles. The van der Waals surface area contributed by atoms with E-state index < -0.39 is 11.4 Å². The number of β-amino-alcohol motifs (C(OH)–C–C–N with tert-alkyl or cyclic N) is 1. The van der Waals surface area contributed by atoms with Crippen molar-refractivity contribution in [1.82, 2.24) is 4.90 Å². The van der Waals surface area contributed by atoms with Crippen LogP contribution in [0, 0.1) is 5.82 Å². The molecule has 0 spiro atoms. The molecule has 1 unspecified atom stereocenters. The first-order chi connectivity index (χ1) is 8.05. The quantitative estimate of drug-likeness (QED) is 0.840. The molecule has 1 aliphatic heterocycles. The van der Waals surface area contributed by atoms with Gasteiger partial charge in [-0.1, -0.05) is 23.7 Å². The molecule has 2 nitrogen and oxygen atoms in total. The van der Waals surface area contributed by atoms with Crippen molar-refractivity contribution in [3.63, 3.8) is 0 Å². The zero-order valence-electron chi connectivity index (χ0n) is 9.50. The van der Waals surface area contributed by atoms with Crippen LogP contribution in [0.5, 0.6) is 0 Å². The van der Waals surface area contributed by atoms with E-state index in [9.17, 15) is 9.50 Å². The number of halogens is 2. The first kappa shape index (κ1) is 12.6. The molecule has 1 saturated heterocycles. The van der Waals surface area contributed by atoms with E-state index in [1.807, 2.05) is 6.08 Å². The second-order valence-corrected chi connectivity index (χ2v) is 4.84. The van der Waals surface area contributed by atoms with Crippen LogP contribution >= 0.6 is 11.6 Å². The predicted octanol–water partition coefficient (Wildman–Crippen LogP) is 2.56. The standard InChI is InChI=1S/C13H15ClFNO/c1-2-6-16-7-5-13(17,9-16)10-3-4-12(15)11(14)8-10/h2-4,8,17H,1,5-7,9H2. The van der Waals surface area contributed by atoms with Crippen molar-refractivity contribution in [2.75, 3.05) is 19.6 Å². The summed E-state index contributed by atoms with van der Waals surface area (Å²) in [5.41, 5.74) is -0.254. The molecule has 1 N–H and O–H groups in total. The lowest BCUT2D eigenvalue weighted by Crippen LogP contribution is -2.30. The van der Waals surface area contributed by atoms with Crippen molar-refractivity contribution < 1.29 is 9.50 Å². The second-order valence-electron chi connectivity index (χ2n) is 4.43. The Morgan fingerprint density at radius 2 is 2.35 bits per heavy atom. The lowest BCUT2D eigenvalue weighted by atomic mass is 9.93. The first-order valence-corrected chi connectivity index (χ1v) is 5.94. The maximum atomic E-state index is 13.1. The van der Waals surface area contributed by atoms with Gasteiger partial charge in [0.25, 0.3) is 0 Å². The van der Waals surface area contributed by atoms with Crippen LogP contribution in [-0.4, -0.2) is 29.6 Å². The van der Waals surface area contributed by atoms with E-state index in [1.54, 1.807) is 6.07 Å². The van der Waals surface area contributed by atoms with E-state index in [-0.39, 0.29) is 5.02 Å². The fourth-order valence-electron chi connectivity index (χ4n) is 2.23. The Morgan fingerprint density at radius 3 is 3.00 bits per heavy atom. The van der Waals surface area contributed by atoms with Gasteiger partial charge in [-0.05, 0) is 24.1 Å². The minimum absolute atomic E-state index is 0.0538. The van der Waals surface area contributed by atoms with E-state index in [2.05, 4.69) is 11.5 Å². The van der Waals surface area contributed by atoms with E-state index in [1.165, 1.54) is 12.1 Å². The highest BCUT2D eigenvalue weighted by atomic mass is 35.5. The molecule has 1 aromatic rings. The average Bonchev–Trinajstić information content (AvgIpc) is 2.66. The Hall–Kier alpha value is -0.900. The zero-order chi connectivity index (χ0) is 12.5. The van der Waals surface area contributed by atoms with E-state index in [0.717, 1.165) is 13.1 Å². The molecule has 2 rings (SSSR count). The summed E-state index contributed by atoms with van der Waals surface area (Å²) < 4.78 is 13.1. The minimum atomic E-state index is -0.930. The topological polar surface area (TPSA) is 23.5 Å². The van der Waals surface area contributed by atoms with Crippen LogP contribution in [0.2, 0.25) is 5.02 Å². The van der Waals surface area contributed by atoms with Crippen LogP contribution in [0.15, 0.2) is 30.9 Å². The Morgan fingerprint density at radius 1 is 1.59 bits per heavy atom. The Balaban J connectivity index is 2.21. The summed E-state index contributed by atoms with van der Waals surface area (Å²) in [4.78, 5) is 2.10. The maximum absolute atomic E-state index is 13.1. The van der Waals surface area contributed by atoms with Crippen molar-refractivity contribution in [3.8, 4) is 0 Å². The summed E-state index contributed by atoms with van der Waals surface area (Å²) in [6, 6.07) is 4.40. The van der Waals surface area contributed by atoms with Crippen LogP contribution in [0.3, 0.4) is 0 Å². The number of nitrogens with zero attached hydrogens (tertiary/aromatic N) is 1. The molecule has 1 fully saturated rings. The highest BCUT2D eigenvalue weighted by Crippen LogP contribution is 2.33. The molecule has 1 aliphatic rings. The van der Waals surface area contributed by atoms with Gasteiger partial charge in [0, 0.05) is 19.6 Å². The van der Waals surface area contributed by atoms with Gasteiger partial charge < -0.3 is 5.11 Å². The summed E-state index contributed by atoms with van der Waals surface area (Å²) in [5, 5.41) is 10.6. The second kappa shape index (κ2) is 4.77. The van der Waals surface area contributed by atoms with Crippen molar-refractivity contribution in [3.05, 3.63) is 47.3 Å². The van der Waals surface area contributed by atoms with Crippen molar-refractivity contribution in [2.24, 2.45) is 0 Å². The summed E-state index contributed by atoms with van der Waals surface area (Å²) in [7, 11) is 0. The summed E-state index contributed by atoms with van der Waals surface area (Å²) >= 11 is 5.74. The van der Waals surface area contributed by atoms with Crippen molar-refractivity contribution in [2.45, 2.75) is 12.0 Å². The fourth-order valence-corrected chi connectivity index (χ4v) is 2.41. The summed E-state index contributed by atoms with van der Waals surface area (Å²) in [5.74, 6) is -0.458. The van der Waals surface area contributed by atoms with Crippen LogP contribution in [0.25, 0.3) is 0 Å². The normalized spacial score (nSPS) is 25.1. The van der Waals surface area contributed by atoms with Gasteiger partial charge in [0.1, 0.15) is 11.4 Å². The third-order valence-electron chi connectivity index (χ3n) is 3.17. The van der Waals surface area contributed by atoms with Gasteiger partial charge in [0.05, 0.1) is 5.02 Å². The lowest BCUT2D eigenvalue weighted by Gasteiger charge is -2.24. The molecule has 0 amide bonds. The van der Waals surface area contributed by atoms with Gasteiger partial charge in [-0.2, -0.15) is 0 Å². The van der Waals surface area contributed by atoms with Gasteiger partial charge in [0.2, 0.25) is 0 Å².